The molecule has 0 aliphatic heterocycles. The minimum absolute atomic E-state index is 0.0432. The van der Waals surface area contributed by atoms with Crippen molar-refractivity contribution in [3.05, 3.63) is 44.8 Å². The number of nitrogens with zero attached hydrogens (tertiary/aromatic N) is 3. The van der Waals surface area contributed by atoms with Crippen molar-refractivity contribution >= 4 is 28.8 Å². The average molecular weight is 324 g/mol. The molecule has 0 spiro atoms. The fourth-order valence-electron chi connectivity index (χ4n) is 2.19. The number of aliphatic hydroxyl groups excluding tert-OH is 1. The number of hydrogen-bond donors (Lipinski definition) is 1. The summed E-state index contributed by atoms with van der Waals surface area (Å²) in [6.07, 6.45) is 0.598. The monoisotopic (exact) mass is 323 g/mol. The van der Waals surface area contributed by atoms with E-state index in [1.54, 1.807) is 0 Å². The molecule has 0 fully saturated rings. The van der Waals surface area contributed by atoms with E-state index in [0.717, 1.165) is 6.07 Å². The van der Waals surface area contributed by atoms with Crippen molar-refractivity contribution in [2.45, 2.75) is 26.7 Å². The van der Waals surface area contributed by atoms with Crippen molar-refractivity contribution in [1.29, 1.82) is 0 Å². The van der Waals surface area contributed by atoms with E-state index >= 15 is 0 Å². The van der Waals surface area contributed by atoms with Crippen LogP contribution in [0.4, 0.5) is 11.4 Å². The number of benzene rings is 1. The third-order valence-electron chi connectivity index (χ3n) is 3.22. The molecule has 1 aromatic rings. The Kier molecular flexibility index (Phi) is 4.27. The van der Waals surface area contributed by atoms with E-state index in [1.807, 2.05) is 13.8 Å². The maximum atomic E-state index is 12.0. The number of halogens is 1. The van der Waals surface area contributed by atoms with Gasteiger partial charge in [0.05, 0.1) is 9.95 Å². The van der Waals surface area contributed by atoms with Gasteiger partial charge in [-0.15, -0.1) is 10.2 Å². The number of nitro groups is 1. The summed E-state index contributed by atoms with van der Waals surface area (Å²) in [6.45, 7) is 3.75. The molecule has 1 aromatic carbocycles. The Hall–Kier alpha value is -2.28. The van der Waals surface area contributed by atoms with E-state index in [4.69, 9.17) is 11.6 Å². The molecule has 0 heterocycles. The summed E-state index contributed by atoms with van der Waals surface area (Å²) in [5.74, 6) is -0.404. The lowest BCUT2D eigenvalue weighted by atomic mass is 9.78. The molecule has 0 atom stereocenters. The first-order valence-corrected chi connectivity index (χ1v) is 6.88. The molecule has 0 saturated carbocycles. The standard InChI is InChI=1S/C14H14ClN3O4/c1-14(2)6-11(19)13(12(20)7-14)17-16-10-4-3-8(18(21)22)5-9(10)15/h3-5,19H,6-7H2,1-2H3. The zero-order valence-corrected chi connectivity index (χ0v) is 12.8. The highest BCUT2D eigenvalue weighted by Gasteiger charge is 2.33. The molecular formula is C14H14ClN3O4. The molecule has 116 valence electrons. The van der Waals surface area contributed by atoms with Gasteiger partial charge in [-0.05, 0) is 11.5 Å². The number of Topliss-reactive ketones (excluding diaryl/α,β-unsaturated/α-hetero) is 1. The van der Waals surface area contributed by atoms with Crippen LogP contribution in [-0.2, 0) is 4.79 Å². The van der Waals surface area contributed by atoms with Crippen molar-refractivity contribution in [3.63, 3.8) is 0 Å². The van der Waals surface area contributed by atoms with Gasteiger partial charge < -0.3 is 5.11 Å². The first-order valence-electron chi connectivity index (χ1n) is 6.50. The molecule has 7 nitrogen and oxygen atoms in total. The summed E-state index contributed by atoms with van der Waals surface area (Å²) >= 11 is 5.89. The average Bonchev–Trinajstić information content (AvgIpc) is 2.37. The molecule has 8 heteroatoms. The minimum atomic E-state index is -0.575. The van der Waals surface area contributed by atoms with Crippen LogP contribution in [0.25, 0.3) is 0 Å². The molecule has 0 radical (unpaired) electrons. The molecule has 1 aliphatic rings. The molecule has 22 heavy (non-hydrogen) atoms. The van der Waals surface area contributed by atoms with Crippen LogP contribution in [0.3, 0.4) is 0 Å². The number of carbonyl (C=O) groups excluding carboxylic acids is 1. The van der Waals surface area contributed by atoms with Crippen molar-refractivity contribution in [2.24, 2.45) is 15.6 Å². The molecule has 1 N–H and O–H groups in total. The molecule has 0 amide bonds. The van der Waals surface area contributed by atoms with E-state index in [0.29, 0.717) is 6.42 Å². The summed E-state index contributed by atoms with van der Waals surface area (Å²) in [5, 5.41) is 28.2. The van der Waals surface area contributed by atoms with E-state index in [2.05, 4.69) is 10.2 Å². The third-order valence-corrected chi connectivity index (χ3v) is 3.53. The quantitative estimate of drug-likeness (QED) is 0.502. The normalized spacial score (nSPS) is 18.0. The van der Waals surface area contributed by atoms with E-state index in [1.165, 1.54) is 12.1 Å². The van der Waals surface area contributed by atoms with Crippen LogP contribution in [0.5, 0.6) is 0 Å². The van der Waals surface area contributed by atoms with Crippen LogP contribution in [0, 0.1) is 15.5 Å². The Balaban J connectivity index is 2.29. The van der Waals surface area contributed by atoms with Gasteiger partial charge in [0.1, 0.15) is 11.4 Å². The topological polar surface area (TPSA) is 105 Å². The van der Waals surface area contributed by atoms with Crippen molar-refractivity contribution < 1.29 is 14.8 Å². The van der Waals surface area contributed by atoms with Crippen LogP contribution < -0.4 is 0 Å². The number of carbonyl (C=O) groups is 1. The fourth-order valence-corrected chi connectivity index (χ4v) is 2.40. The predicted molar refractivity (Wildman–Crippen MR) is 80.3 cm³/mol. The Labute approximate surface area is 131 Å². The van der Waals surface area contributed by atoms with Gasteiger partial charge in [-0.2, -0.15) is 0 Å². The van der Waals surface area contributed by atoms with Gasteiger partial charge in [-0.1, -0.05) is 25.4 Å². The second kappa shape index (κ2) is 5.84. The van der Waals surface area contributed by atoms with Crippen LogP contribution in [0.2, 0.25) is 5.02 Å². The molecule has 1 aliphatic carbocycles. The smallest absolute Gasteiger partial charge is 0.271 e. The number of rotatable bonds is 3. The Bertz CT molecular complexity index is 710. The van der Waals surface area contributed by atoms with Crippen molar-refractivity contribution in [3.8, 4) is 0 Å². The summed E-state index contributed by atoms with van der Waals surface area (Å²) in [7, 11) is 0. The third kappa shape index (κ3) is 3.48. The highest BCUT2D eigenvalue weighted by Crippen LogP contribution is 2.37. The Morgan fingerprint density at radius 3 is 2.55 bits per heavy atom. The molecule has 0 unspecified atom stereocenters. The van der Waals surface area contributed by atoms with Gasteiger partial charge in [0, 0.05) is 25.0 Å². The van der Waals surface area contributed by atoms with Gasteiger partial charge in [-0.3, -0.25) is 14.9 Å². The number of azo groups is 1. The largest absolute Gasteiger partial charge is 0.510 e. The van der Waals surface area contributed by atoms with Crippen LogP contribution in [0.15, 0.2) is 39.9 Å². The van der Waals surface area contributed by atoms with Crippen LogP contribution in [-0.4, -0.2) is 15.8 Å². The zero-order chi connectivity index (χ0) is 16.5. The predicted octanol–water partition coefficient (Wildman–Crippen LogP) is 4.49. The lowest BCUT2D eigenvalue weighted by Crippen LogP contribution is -2.25. The highest BCUT2D eigenvalue weighted by atomic mass is 35.5. The number of aliphatic hydroxyl groups is 1. The first kappa shape index (κ1) is 16.1. The molecule has 0 saturated heterocycles. The Morgan fingerprint density at radius 1 is 1.32 bits per heavy atom. The van der Waals surface area contributed by atoms with Crippen molar-refractivity contribution in [1.82, 2.24) is 0 Å². The maximum absolute atomic E-state index is 12.0. The lowest BCUT2D eigenvalue weighted by Gasteiger charge is -2.27. The highest BCUT2D eigenvalue weighted by molar-refractivity contribution is 6.33. The van der Waals surface area contributed by atoms with Gasteiger partial charge in [-0.25, -0.2) is 0 Å². The van der Waals surface area contributed by atoms with Crippen LogP contribution in [0.1, 0.15) is 26.7 Å². The van der Waals surface area contributed by atoms with Gasteiger partial charge >= 0.3 is 0 Å². The molecule has 0 aromatic heterocycles. The summed E-state index contributed by atoms with van der Waals surface area (Å²) < 4.78 is 0. The Morgan fingerprint density at radius 2 is 2.00 bits per heavy atom. The van der Waals surface area contributed by atoms with E-state index in [-0.39, 0.29) is 45.5 Å². The van der Waals surface area contributed by atoms with Crippen molar-refractivity contribution in [2.75, 3.05) is 0 Å². The minimum Gasteiger partial charge on any atom is -0.510 e. The van der Waals surface area contributed by atoms with Gasteiger partial charge in [0.25, 0.3) is 5.69 Å². The second-order valence-electron chi connectivity index (χ2n) is 5.83. The van der Waals surface area contributed by atoms with Gasteiger partial charge in [0.2, 0.25) is 0 Å². The lowest BCUT2D eigenvalue weighted by molar-refractivity contribution is -0.384. The summed E-state index contributed by atoms with van der Waals surface area (Å²) in [5.41, 5.74) is -0.383. The van der Waals surface area contributed by atoms with E-state index < -0.39 is 4.92 Å². The molecular weight excluding hydrogens is 310 g/mol. The maximum Gasteiger partial charge on any atom is 0.271 e. The number of allylic oxidation sites excluding steroid dienone is 2. The number of non-ortho nitro benzene ring substituents is 1. The van der Waals surface area contributed by atoms with E-state index in [9.17, 15) is 20.0 Å². The molecule has 0 bridgehead atoms. The zero-order valence-electron chi connectivity index (χ0n) is 12.0. The number of nitro benzene ring substituents is 1. The van der Waals surface area contributed by atoms with Crippen LogP contribution >= 0.6 is 11.6 Å². The SMILES string of the molecule is CC1(C)CC(=O)C(N=Nc2ccc([N+](=O)[O-])cc2Cl)=C(O)C1. The number of ketones is 1. The van der Waals surface area contributed by atoms with Gasteiger partial charge in [0.15, 0.2) is 11.5 Å². The summed E-state index contributed by atoms with van der Waals surface area (Å²) in [4.78, 5) is 22.0. The number of hydrogen-bond acceptors (Lipinski definition) is 6. The second-order valence-corrected chi connectivity index (χ2v) is 6.24. The summed E-state index contributed by atoms with van der Waals surface area (Å²) in [6, 6.07) is 3.72. The molecule has 2 rings (SSSR count). The first-order chi connectivity index (χ1) is 10.2. The fraction of sp³-hybridized carbons (Fsp3) is 0.357.